The minimum absolute atomic E-state index is 0.842. The topological polar surface area (TPSA) is 42.3 Å². The molecule has 1 aliphatic rings. The normalized spacial score (nSPS) is 18.1. The van der Waals surface area contributed by atoms with E-state index in [-0.39, 0.29) is 0 Å². The Bertz CT molecular complexity index is 256. The highest BCUT2D eigenvalue weighted by molar-refractivity contribution is 4.73. The number of nitrogens with zero attached hydrogens (tertiary/aromatic N) is 3. The van der Waals surface area contributed by atoms with Gasteiger partial charge in [-0.3, -0.25) is 5.43 Å². The van der Waals surface area contributed by atoms with Crippen molar-refractivity contribution in [3.8, 4) is 0 Å². The molecule has 5 heteroatoms. The van der Waals surface area contributed by atoms with Gasteiger partial charge >= 0.3 is 0 Å². The van der Waals surface area contributed by atoms with Gasteiger partial charge in [0.2, 0.25) is 0 Å². The van der Waals surface area contributed by atoms with Crippen molar-refractivity contribution in [3.05, 3.63) is 18.7 Å². The Morgan fingerprint density at radius 1 is 1.33 bits per heavy atom. The third-order valence-corrected chi connectivity index (χ3v) is 2.50. The highest BCUT2D eigenvalue weighted by Crippen LogP contribution is 1.93. The van der Waals surface area contributed by atoms with E-state index in [1.54, 1.807) is 0 Å². The Hall–Kier alpha value is -0.910. The summed E-state index contributed by atoms with van der Waals surface area (Å²) in [6.45, 7) is 5.70. The largest absolute Gasteiger partial charge is 0.379 e. The van der Waals surface area contributed by atoms with Gasteiger partial charge in [0.15, 0.2) is 0 Å². The fourth-order valence-corrected chi connectivity index (χ4v) is 1.64. The van der Waals surface area contributed by atoms with Gasteiger partial charge in [0.1, 0.15) is 0 Å². The lowest BCUT2D eigenvalue weighted by molar-refractivity contribution is 0.0118. The standard InChI is InChI=1S/C10H18N4O/c1(4-13-5-3-11-10-13)2-12-14-6-8-15-9-7-14/h3,5,10,12H,1-2,4,6-9H2. The smallest absolute Gasteiger partial charge is 0.0945 e. The van der Waals surface area contributed by atoms with Gasteiger partial charge < -0.3 is 9.30 Å². The maximum absolute atomic E-state index is 5.27. The molecule has 84 valence electrons. The molecule has 5 nitrogen and oxygen atoms in total. The molecule has 0 radical (unpaired) electrons. The van der Waals surface area contributed by atoms with Crippen LogP contribution in [-0.2, 0) is 11.3 Å². The summed E-state index contributed by atoms with van der Waals surface area (Å²) in [5.74, 6) is 0. The number of hydrogen-bond acceptors (Lipinski definition) is 4. The van der Waals surface area contributed by atoms with Gasteiger partial charge in [-0.25, -0.2) is 9.99 Å². The average molecular weight is 210 g/mol. The fraction of sp³-hybridized carbons (Fsp3) is 0.700. The van der Waals surface area contributed by atoms with Crippen LogP contribution in [0.2, 0.25) is 0 Å². The van der Waals surface area contributed by atoms with E-state index < -0.39 is 0 Å². The van der Waals surface area contributed by atoms with Crippen molar-refractivity contribution < 1.29 is 4.74 Å². The molecule has 1 aliphatic heterocycles. The lowest BCUT2D eigenvalue weighted by Crippen LogP contribution is -2.46. The number of aryl methyl sites for hydroxylation is 1. The van der Waals surface area contributed by atoms with Gasteiger partial charge in [-0.2, -0.15) is 0 Å². The van der Waals surface area contributed by atoms with Gasteiger partial charge in [0.05, 0.1) is 19.5 Å². The third-order valence-electron chi connectivity index (χ3n) is 2.50. The molecule has 0 unspecified atom stereocenters. The summed E-state index contributed by atoms with van der Waals surface area (Å²) in [6, 6.07) is 0. The molecule has 0 saturated carbocycles. The number of imidazole rings is 1. The van der Waals surface area contributed by atoms with Crippen LogP contribution in [-0.4, -0.2) is 47.4 Å². The third kappa shape index (κ3) is 3.62. The van der Waals surface area contributed by atoms with Crippen molar-refractivity contribution in [2.24, 2.45) is 0 Å². The van der Waals surface area contributed by atoms with Crippen LogP contribution in [0.1, 0.15) is 6.42 Å². The van der Waals surface area contributed by atoms with Crippen LogP contribution >= 0.6 is 0 Å². The zero-order valence-electron chi connectivity index (χ0n) is 8.93. The predicted molar refractivity (Wildman–Crippen MR) is 57.2 cm³/mol. The maximum atomic E-state index is 5.27. The van der Waals surface area contributed by atoms with Crippen LogP contribution in [0.3, 0.4) is 0 Å². The van der Waals surface area contributed by atoms with Crippen molar-refractivity contribution in [2.75, 3.05) is 32.8 Å². The molecule has 0 spiro atoms. The van der Waals surface area contributed by atoms with Crippen LogP contribution < -0.4 is 5.43 Å². The van der Waals surface area contributed by atoms with Gasteiger partial charge in [-0.1, -0.05) is 0 Å². The number of ether oxygens (including phenoxy) is 1. The molecule has 15 heavy (non-hydrogen) atoms. The maximum Gasteiger partial charge on any atom is 0.0945 e. The molecular formula is C10H18N4O. The van der Waals surface area contributed by atoms with Crippen molar-refractivity contribution in [1.29, 1.82) is 0 Å². The first-order valence-corrected chi connectivity index (χ1v) is 5.47. The molecular weight excluding hydrogens is 192 g/mol. The fourth-order valence-electron chi connectivity index (χ4n) is 1.64. The predicted octanol–water partition coefficient (Wildman–Crippen LogP) is 0.110. The molecule has 0 amide bonds. The lowest BCUT2D eigenvalue weighted by Gasteiger charge is -2.27. The van der Waals surface area contributed by atoms with Gasteiger partial charge in [-0.15, -0.1) is 0 Å². The SMILES string of the molecule is c1cn(CCCNN2CCOCC2)cn1. The van der Waals surface area contributed by atoms with Crippen molar-refractivity contribution in [1.82, 2.24) is 20.0 Å². The summed E-state index contributed by atoms with van der Waals surface area (Å²) in [7, 11) is 0. The lowest BCUT2D eigenvalue weighted by atomic mass is 10.4. The molecule has 0 atom stereocenters. The van der Waals surface area contributed by atoms with Crippen LogP contribution in [0.4, 0.5) is 0 Å². The van der Waals surface area contributed by atoms with E-state index in [1.165, 1.54) is 0 Å². The van der Waals surface area contributed by atoms with Crippen LogP contribution in [0.25, 0.3) is 0 Å². The Balaban J connectivity index is 1.54. The van der Waals surface area contributed by atoms with E-state index in [1.807, 2.05) is 18.7 Å². The molecule has 1 N–H and O–H groups in total. The molecule has 0 aromatic carbocycles. The first kappa shape index (κ1) is 10.6. The molecule has 1 fully saturated rings. The summed E-state index contributed by atoms with van der Waals surface area (Å²) < 4.78 is 7.37. The summed E-state index contributed by atoms with van der Waals surface area (Å²) in [6.07, 6.45) is 6.78. The second kappa shape index (κ2) is 5.85. The van der Waals surface area contributed by atoms with Crippen molar-refractivity contribution in [2.45, 2.75) is 13.0 Å². The molecule has 1 aromatic heterocycles. The molecule has 2 rings (SSSR count). The number of rotatable bonds is 5. The highest BCUT2D eigenvalue weighted by atomic mass is 16.5. The number of hydrazine groups is 1. The summed E-state index contributed by atoms with van der Waals surface area (Å²) >= 11 is 0. The Morgan fingerprint density at radius 2 is 2.20 bits per heavy atom. The summed E-state index contributed by atoms with van der Waals surface area (Å²) in [5, 5.41) is 2.23. The second-order valence-electron chi connectivity index (χ2n) is 3.66. The highest BCUT2D eigenvalue weighted by Gasteiger charge is 2.08. The van der Waals surface area contributed by atoms with Crippen molar-refractivity contribution >= 4 is 0 Å². The number of morpholine rings is 1. The van der Waals surface area contributed by atoms with Gasteiger partial charge in [0.25, 0.3) is 0 Å². The van der Waals surface area contributed by atoms with Crippen LogP contribution in [0.15, 0.2) is 18.7 Å². The first-order chi connectivity index (χ1) is 7.45. The Labute approximate surface area is 90.0 Å². The van der Waals surface area contributed by atoms with Crippen LogP contribution in [0.5, 0.6) is 0 Å². The second-order valence-corrected chi connectivity index (χ2v) is 3.66. The van der Waals surface area contributed by atoms with Gasteiger partial charge in [0, 0.05) is 38.6 Å². The average Bonchev–Trinajstić information content (AvgIpc) is 2.79. The van der Waals surface area contributed by atoms with Crippen LogP contribution in [0, 0.1) is 0 Å². The Morgan fingerprint density at radius 3 is 2.93 bits per heavy atom. The van der Waals surface area contributed by atoms with E-state index in [0.29, 0.717) is 0 Å². The number of hydrogen-bond donors (Lipinski definition) is 1. The molecule has 1 aromatic rings. The minimum Gasteiger partial charge on any atom is -0.379 e. The van der Waals surface area contributed by atoms with E-state index in [4.69, 9.17) is 4.74 Å². The van der Waals surface area contributed by atoms with Gasteiger partial charge in [-0.05, 0) is 6.42 Å². The van der Waals surface area contributed by atoms with E-state index in [2.05, 4.69) is 20.0 Å². The van der Waals surface area contributed by atoms with E-state index in [9.17, 15) is 0 Å². The molecule has 2 heterocycles. The molecule has 0 aliphatic carbocycles. The van der Waals surface area contributed by atoms with E-state index in [0.717, 1.165) is 45.8 Å². The molecule has 0 bridgehead atoms. The Kier molecular flexibility index (Phi) is 4.13. The molecule has 1 saturated heterocycles. The zero-order valence-corrected chi connectivity index (χ0v) is 8.93. The quantitative estimate of drug-likeness (QED) is 0.700. The monoisotopic (exact) mass is 210 g/mol. The summed E-state index contributed by atoms with van der Waals surface area (Å²) in [5.41, 5.74) is 3.40. The number of aromatic nitrogens is 2. The number of nitrogens with one attached hydrogen (secondary N) is 1. The zero-order chi connectivity index (χ0) is 10.3. The summed E-state index contributed by atoms with van der Waals surface area (Å²) in [4.78, 5) is 4.01. The first-order valence-electron chi connectivity index (χ1n) is 5.47. The van der Waals surface area contributed by atoms with E-state index >= 15 is 0 Å². The minimum atomic E-state index is 0.842. The van der Waals surface area contributed by atoms with Crippen molar-refractivity contribution in [3.63, 3.8) is 0 Å².